The van der Waals surface area contributed by atoms with Crippen LogP contribution in [0.4, 0.5) is 0 Å². The van der Waals surface area contributed by atoms with Gasteiger partial charge >= 0.3 is 0 Å². The number of fused-ring (bicyclic) bond motifs is 1. The van der Waals surface area contributed by atoms with Crippen molar-refractivity contribution in [1.29, 1.82) is 0 Å². The molecule has 2 atom stereocenters. The van der Waals surface area contributed by atoms with Crippen LogP contribution in [0.3, 0.4) is 0 Å². The average Bonchev–Trinajstić information content (AvgIpc) is 3.40. The van der Waals surface area contributed by atoms with Crippen molar-refractivity contribution in [2.75, 3.05) is 39.3 Å². The Bertz CT molecular complexity index is 1410. The van der Waals surface area contributed by atoms with Gasteiger partial charge in [-0.15, -0.1) is 0 Å². The second-order valence-corrected chi connectivity index (χ2v) is 13.3. The van der Waals surface area contributed by atoms with Gasteiger partial charge in [0, 0.05) is 51.7 Å². The lowest BCUT2D eigenvalue weighted by atomic mass is 9.95. The van der Waals surface area contributed by atoms with Crippen LogP contribution in [0.25, 0.3) is 0 Å². The fraction of sp³-hybridized carbons (Fsp3) is 0.444. The minimum absolute atomic E-state index is 0.123. The number of likely N-dealkylation sites (tertiary alicyclic amines) is 1. The monoisotopic (exact) mass is 609 g/mol. The summed E-state index contributed by atoms with van der Waals surface area (Å²) < 4.78 is 0. The SMILES string of the molecule is O=C1CCC(N2Cc3c(CN4CCC(N5CCN(C(c6ccccc6)c6ccccc6)CC5)CC4)cccc3C2S)C(=O)N1. The lowest BCUT2D eigenvalue weighted by Gasteiger charge is -2.45. The van der Waals surface area contributed by atoms with Crippen molar-refractivity contribution in [2.45, 2.75) is 62.3 Å². The molecule has 3 fully saturated rings. The molecule has 0 spiro atoms. The Morgan fingerprint density at radius 3 is 2.07 bits per heavy atom. The zero-order valence-corrected chi connectivity index (χ0v) is 26.2. The van der Waals surface area contributed by atoms with Crippen LogP contribution in [-0.2, 0) is 22.7 Å². The first-order valence-electron chi connectivity index (χ1n) is 16.2. The van der Waals surface area contributed by atoms with Crippen molar-refractivity contribution in [3.63, 3.8) is 0 Å². The third kappa shape index (κ3) is 6.11. The zero-order valence-electron chi connectivity index (χ0n) is 25.4. The van der Waals surface area contributed by atoms with E-state index >= 15 is 0 Å². The molecule has 0 saturated carbocycles. The molecule has 0 bridgehead atoms. The van der Waals surface area contributed by atoms with Gasteiger partial charge in [0.15, 0.2) is 0 Å². The molecule has 1 N–H and O–H groups in total. The average molecular weight is 610 g/mol. The van der Waals surface area contributed by atoms with Gasteiger partial charge in [0.1, 0.15) is 0 Å². The van der Waals surface area contributed by atoms with Gasteiger partial charge in [0.25, 0.3) is 0 Å². The van der Waals surface area contributed by atoms with E-state index in [4.69, 9.17) is 12.6 Å². The van der Waals surface area contributed by atoms with Gasteiger partial charge in [-0.1, -0.05) is 78.9 Å². The standard InChI is InChI=1S/C36H43N5O2S/c42-33-15-14-32(35(43)37-33)41-25-31-28(12-7-13-30(31)36(41)44)24-38-18-16-29(17-19-38)39-20-22-40(23-21-39)34(26-8-3-1-4-9-26)27-10-5-2-6-11-27/h1-13,29,32,34,36,44H,14-25H2,(H,37,42,43). The van der Waals surface area contributed by atoms with Crippen LogP contribution in [0.1, 0.15) is 64.9 Å². The van der Waals surface area contributed by atoms with E-state index in [9.17, 15) is 9.59 Å². The Labute approximate surface area is 266 Å². The van der Waals surface area contributed by atoms with Crippen molar-refractivity contribution < 1.29 is 9.59 Å². The number of amides is 2. The number of piperazine rings is 1. The number of nitrogens with one attached hydrogen (secondary N) is 1. The predicted molar refractivity (Wildman–Crippen MR) is 176 cm³/mol. The molecule has 0 radical (unpaired) electrons. The fourth-order valence-corrected chi connectivity index (χ4v) is 8.38. The fourth-order valence-electron chi connectivity index (χ4n) is 7.89. The summed E-state index contributed by atoms with van der Waals surface area (Å²) >= 11 is 4.92. The molecule has 3 saturated heterocycles. The summed E-state index contributed by atoms with van der Waals surface area (Å²) in [4.78, 5) is 34.5. The van der Waals surface area contributed by atoms with Gasteiger partial charge in [0.05, 0.1) is 17.5 Å². The summed E-state index contributed by atoms with van der Waals surface area (Å²) in [6.07, 6.45) is 3.36. The van der Waals surface area contributed by atoms with Crippen molar-refractivity contribution >= 4 is 24.4 Å². The van der Waals surface area contributed by atoms with Crippen LogP contribution in [0.2, 0.25) is 0 Å². The number of hydrogen-bond acceptors (Lipinski definition) is 7. The predicted octanol–water partition coefficient (Wildman–Crippen LogP) is 4.61. The van der Waals surface area contributed by atoms with Gasteiger partial charge in [-0.3, -0.25) is 34.5 Å². The van der Waals surface area contributed by atoms with Gasteiger partial charge in [-0.05, 0) is 60.2 Å². The first-order chi connectivity index (χ1) is 21.5. The summed E-state index contributed by atoms with van der Waals surface area (Å²) in [5, 5.41) is 2.40. The molecule has 230 valence electrons. The summed E-state index contributed by atoms with van der Waals surface area (Å²) in [6, 6.07) is 29.1. The first-order valence-corrected chi connectivity index (χ1v) is 16.8. The number of thiol groups is 1. The summed E-state index contributed by atoms with van der Waals surface area (Å²) in [5.41, 5.74) is 6.60. The van der Waals surface area contributed by atoms with Crippen LogP contribution in [0, 0.1) is 0 Å². The lowest BCUT2D eigenvalue weighted by Crippen LogP contribution is -2.53. The Balaban J connectivity index is 0.943. The number of benzene rings is 3. The maximum atomic E-state index is 12.6. The molecule has 2 amide bonds. The molecular weight excluding hydrogens is 566 g/mol. The van der Waals surface area contributed by atoms with E-state index in [2.05, 4.69) is 104 Å². The van der Waals surface area contributed by atoms with Gasteiger partial charge in [0.2, 0.25) is 11.8 Å². The number of carbonyl (C=O) groups excluding carboxylic acids is 2. The smallest absolute Gasteiger partial charge is 0.243 e. The summed E-state index contributed by atoms with van der Waals surface area (Å²) in [6.45, 7) is 8.25. The Morgan fingerprint density at radius 1 is 0.773 bits per heavy atom. The molecular formula is C36H43N5O2S. The Kier molecular flexibility index (Phi) is 8.87. The van der Waals surface area contributed by atoms with E-state index in [1.807, 2.05) is 0 Å². The Hall–Kier alpha value is -3.01. The van der Waals surface area contributed by atoms with Gasteiger partial charge in [-0.2, -0.15) is 12.6 Å². The van der Waals surface area contributed by atoms with E-state index < -0.39 is 0 Å². The summed E-state index contributed by atoms with van der Waals surface area (Å²) in [7, 11) is 0. The third-order valence-corrected chi connectivity index (χ3v) is 10.8. The Morgan fingerprint density at radius 2 is 1.43 bits per heavy atom. The second-order valence-electron chi connectivity index (χ2n) is 12.8. The molecule has 44 heavy (non-hydrogen) atoms. The van der Waals surface area contributed by atoms with Crippen LogP contribution in [0.5, 0.6) is 0 Å². The van der Waals surface area contributed by atoms with E-state index in [1.165, 1.54) is 40.7 Å². The van der Waals surface area contributed by atoms with Crippen molar-refractivity contribution in [2.24, 2.45) is 0 Å². The van der Waals surface area contributed by atoms with E-state index in [-0.39, 0.29) is 23.2 Å². The molecule has 3 aromatic rings. The highest BCUT2D eigenvalue weighted by Crippen LogP contribution is 2.41. The van der Waals surface area contributed by atoms with E-state index in [1.54, 1.807) is 0 Å². The van der Waals surface area contributed by atoms with Crippen LogP contribution in [0.15, 0.2) is 78.9 Å². The van der Waals surface area contributed by atoms with Crippen LogP contribution >= 0.6 is 12.6 Å². The molecule has 2 unspecified atom stereocenters. The van der Waals surface area contributed by atoms with Crippen molar-refractivity contribution in [3.8, 4) is 0 Å². The molecule has 3 aromatic carbocycles. The van der Waals surface area contributed by atoms with E-state index in [0.29, 0.717) is 31.5 Å². The molecule has 0 aromatic heterocycles. The van der Waals surface area contributed by atoms with Crippen molar-refractivity contribution in [3.05, 3.63) is 107 Å². The van der Waals surface area contributed by atoms with Gasteiger partial charge in [-0.25, -0.2) is 0 Å². The number of imide groups is 1. The highest BCUT2D eigenvalue weighted by Gasteiger charge is 2.40. The highest BCUT2D eigenvalue weighted by molar-refractivity contribution is 7.80. The quantitative estimate of drug-likeness (QED) is 0.302. The van der Waals surface area contributed by atoms with Crippen LogP contribution < -0.4 is 5.32 Å². The largest absolute Gasteiger partial charge is 0.299 e. The topological polar surface area (TPSA) is 59.1 Å². The van der Waals surface area contributed by atoms with Crippen molar-refractivity contribution in [1.82, 2.24) is 24.9 Å². The molecule has 8 heteroatoms. The van der Waals surface area contributed by atoms with Gasteiger partial charge < -0.3 is 0 Å². The number of carbonyl (C=O) groups is 2. The number of nitrogens with zero attached hydrogens (tertiary/aromatic N) is 4. The first kappa shape index (κ1) is 29.7. The summed E-state index contributed by atoms with van der Waals surface area (Å²) in [5.74, 6) is -0.360. The molecule has 4 aliphatic rings. The normalized spacial score (nSPS) is 24.5. The lowest BCUT2D eigenvalue weighted by molar-refractivity contribution is -0.137. The molecule has 4 heterocycles. The van der Waals surface area contributed by atoms with Crippen LogP contribution in [-0.4, -0.2) is 82.8 Å². The number of rotatable bonds is 7. The zero-order chi connectivity index (χ0) is 30.0. The minimum atomic E-state index is -0.303. The molecule has 7 rings (SSSR count). The maximum absolute atomic E-state index is 12.6. The third-order valence-electron chi connectivity index (χ3n) is 10.3. The maximum Gasteiger partial charge on any atom is 0.243 e. The second kappa shape index (κ2) is 13.2. The molecule has 7 nitrogen and oxygen atoms in total. The van der Waals surface area contributed by atoms with E-state index in [0.717, 1.165) is 45.8 Å². The highest BCUT2D eigenvalue weighted by atomic mass is 32.1. The number of hydrogen-bond donors (Lipinski definition) is 2. The minimum Gasteiger partial charge on any atom is -0.299 e. The molecule has 0 aliphatic carbocycles. The molecule has 4 aliphatic heterocycles. The number of piperidine rings is 2.